The average molecular weight is 374 g/mol. The first-order valence-corrected chi connectivity index (χ1v) is 9.23. The Bertz CT molecular complexity index is 1250. The van der Waals surface area contributed by atoms with Crippen LogP contribution < -0.4 is 0 Å². The van der Waals surface area contributed by atoms with Crippen molar-refractivity contribution in [2.45, 2.75) is 25.2 Å². The Morgan fingerprint density at radius 1 is 1.00 bits per heavy atom. The minimum absolute atomic E-state index is 0.0393. The van der Waals surface area contributed by atoms with Gasteiger partial charge in [0, 0.05) is 10.9 Å². The standard InChI is InChI=1S/C23H18O5/c24-19-11-18-14-4-2-1-3-12(14)10-20(25)21(18)16-6-5-13(9-17(16)19)15-7-8-28-22(15)23(26)27/h1-4,7-8,10-11,13,24-25H,5-6,9H2,(H,26,27). The molecule has 1 atom stereocenters. The second kappa shape index (κ2) is 6.02. The lowest BCUT2D eigenvalue weighted by Gasteiger charge is -2.27. The molecule has 1 aliphatic carbocycles. The van der Waals surface area contributed by atoms with E-state index in [0.717, 1.165) is 39.1 Å². The van der Waals surface area contributed by atoms with E-state index in [2.05, 4.69) is 0 Å². The fourth-order valence-electron chi connectivity index (χ4n) is 4.61. The van der Waals surface area contributed by atoms with E-state index < -0.39 is 5.97 Å². The van der Waals surface area contributed by atoms with Crippen LogP contribution in [0, 0.1) is 0 Å². The van der Waals surface area contributed by atoms with Crippen LogP contribution in [0.5, 0.6) is 11.5 Å². The van der Waals surface area contributed by atoms with Crippen molar-refractivity contribution in [2.75, 3.05) is 0 Å². The number of phenolic OH excluding ortho intramolecular Hbond substituents is 2. The van der Waals surface area contributed by atoms with Gasteiger partial charge in [-0.15, -0.1) is 0 Å². The van der Waals surface area contributed by atoms with E-state index in [1.807, 2.05) is 24.3 Å². The van der Waals surface area contributed by atoms with Gasteiger partial charge in [-0.05, 0) is 70.7 Å². The molecule has 5 nitrogen and oxygen atoms in total. The Balaban J connectivity index is 1.69. The SMILES string of the molecule is O=C(O)c1occc1C1CCc2c(c(O)cc3c2c(O)cc2ccccc23)C1. The number of carboxylic acids is 1. The smallest absolute Gasteiger partial charge is 0.372 e. The van der Waals surface area contributed by atoms with Crippen LogP contribution in [-0.2, 0) is 12.8 Å². The molecule has 1 heterocycles. The van der Waals surface area contributed by atoms with Gasteiger partial charge in [-0.1, -0.05) is 24.3 Å². The molecule has 0 aliphatic heterocycles. The van der Waals surface area contributed by atoms with Crippen molar-refractivity contribution in [2.24, 2.45) is 0 Å². The average Bonchev–Trinajstić information content (AvgIpc) is 3.18. The highest BCUT2D eigenvalue weighted by molar-refractivity contribution is 6.12. The van der Waals surface area contributed by atoms with Crippen molar-refractivity contribution in [1.82, 2.24) is 0 Å². The van der Waals surface area contributed by atoms with Crippen molar-refractivity contribution in [3.63, 3.8) is 0 Å². The summed E-state index contributed by atoms with van der Waals surface area (Å²) in [7, 11) is 0. The third kappa shape index (κ3) is 2.36. The fourth-order valence-corrected chi connectivity index (χ4v) is 4.61. The Labute approximate surface area is 160 Å². The maximum absolute atomic E-state index is 11.4. The molecule has 0 bridgehead atoms. The molecule has 1 aliphatic rings. The molecule has 0 saturated heterocycles. The first kappa shape index (κ1) is 16.7. The lowest BCUT2D eigenvalue weighted by Crippen LogP contribution is -2.15. The van der Waals surface area contributed by atoms with E-state index in [1.165, 1.54) is 6.26 Å². The van der Waals surface area contributed by atoms with Gasteiger partial charge in [-0.2, -0.15) is 0 Å². The van der Waals surface area contributed by atoms with Crippen molar-refractivity contribution in [1.29, 1.82) is 0 Å². The van der Waals surface area contributed by atoms with E-state index in [4.69, 9.17) is 4.42 Å². The van der Waals surface area contributed by atoms with Crippen LogP contribution in [0.15, 0.2) is 53.1 Å². The Kier molecular flexibility index (Phi) is 3.59. The fraction of sp³-hybridized carbons (Fsp3) is 0.174. The summed E-state index contributed by atoms with van der Waals surface area (Å²) >= 11 is 0. The number of benzene rings is 3. The summed E-state index contributed by atoms with van der Waals surface area (Å²) < 4.78 is 5.13. The summed E-state index contributed by atoms with van der Waals surface area (Å²) in [6, 6.07) is 13.0. The summed E-state index contributed by atoms with van der Waals surface area (Å²) in [6.07, 6.45) is 3.26. The normalized spacial score (nSPS) is 16.4. The molecule has 5 rings (SSSR count). The zero-order valence-corrected chi connectivity index (χ0v) is 15.0. The van der Waals surface area contributed by atoms with Crippen LogP contribution in [-0.4, -0.2) is 21.3 Å². The molecule has 140 valence electrons. The number of rotatable bonds is 2. The van der Waals surface area contributed by atoms with Crippen LogP contribution in [0.4, 0.5) is 0 Å². The van der Waals surface area contributed by atoms with E-state index >= 15 is 0 Å². The number of carbonyl (C=O) groups is 1. The minimum atomic E-state index is -1.09. The van der Waals surface area contributed by atoms with Gasteiger partial charge >= 0.3 is 5.97 Å². The lowest BCUT2D eigenvalue weighted by atomic mass is 9.77. The van der Waals surface area contributed by atoms with Gasteiger partial charge in [-0.3, -0.25) is 0 Å². The Morgan fingerprint density at radius 3 is 2.64 bits per heavy atom. The summed E-state index contributed by atoms with van der Waals surface area (Å²) in [5.41, 5.74) is 2.36. The van der Waals surface area contributed by atoms with Gasteiger partial charge < -0.3 is 19.7 Å². The van der Waals surface area contributed by atoms with E-state index in [0.29, 0.717) is 18.4 Å². The molecule has 0 amide bonds. The van der Waals surface area contributed by atoms with Gasteiger partial charge in [0.25, 0.3) is 0 Å². The molecule has 3 aromatic carbocycles. The molecule has 3 N–H and O–H groups in total. The quantitative estimate of drug-likeness (QED) is 0.431. The van der Waals surface area contributed by atoms with Gasteiger partial charge in [0.1, 0.15) is 11.5 Å². The molecule has 4 aromatic rings. The molecular formula is C23H18O5. The molecule has 0 saturated carbocycles. The third-order valence-electron chi connectivity index (χ3n) is 5.85. The van der Waals surface area contributed by atoms with Crippen molar-refractivity contribution in [3.05, 3.63) is 71.2 Å². The molecule has 0 radical (unpaired) electrons. The molecule has 0 fully saturated rings. The van der Waals surface area contributed by atoms with Gasteiger partial charge in [0.05, 0.1) is 6.26 Å². The van der Waals surface area contributed by atoms with Crippen molar-refractivity contribution < 1.29 is 24.5 Å². The number of hydrogen-bond acceptors (Lipinski definition) is 4. The van der Waals surface area contributed by atoms with Crippen LogP contribution in [0.3, 0.4) is 0 Å². The number of hydrogen-bond donors (Lipinski definition) is 3. The second-order valence-electron chi connectivity index (χ2n) is 7.34. The summed E-state index contributed by atoms with van der Waals surface area (Å²) in [6.45, 7) is 0. The summed E-state index contributed by atoms with van der Waals surface area (Å²) in [5, 5.41) is 34.3. The highest BCUT2D eigenvalue weighted by Crippen LogP contribution is 2.45. The molecule has 1 aromatic heterocycles. The monoisotopic (exact) mass is 374 g/mol. The first-order chi connectivity index (χ1) is 13.5. The first-order valence-electron chi connectivity index (χ1n) is 9.23. The number of phenols is 2. The highest BCUT2D eigenvalue weighted by Gasteiger charge is 2.29. The molecule has 1 unspecified atom stereocenters. The number of aromatic hydroxyl groups is 2. The van der Waals surface area contributed by atoms with Crippen molar-refractivity contribution in [3.8, 4) is 11.5 Å². The van der Waals surface area contributed by atoms with Crippen molar-refractivity contribution >= 4 is 27.5 Å². The zero-order valence-electron chi connectivity index (χ0n) is 15.0. The number of aryl methyl sites for hydroxylation is 1. The van der Waals surface area contributed by atoms with Gasteiger partial charge in [0.15, 0.2) is 0 Å². The summed E-state index contributed by atoms with van der Waals surface area (Å²) in [5.74, 6) is -0.787. The van der Waals surface area contributed by atoms with Crippen LogP contribution >= 0.6 is 0 Å². The zero-order chi connectivity index (χ0) is 19.4. The van der Waals surface area contributed by atoms with Gasteiger partial charge in [0.2, 0.25) is 5.76 Å². The lowest BCUT2D eigenvalue weighted by molar-refractivity contribution is 0.0660. The summed E-state index contributed by atoms with van der Waals surface area (Å²) in [4.78, 5) is 11.4. The van der Waals surface area contributed by atoms with Crippen LogP contribution in [0.25, 0.3) is 21.5 Å². The van der Waals surface area contributed by atoms with E-state index in [1.54, 1.807) is 18.2 Å². The number of carboxylic acid groups (broad SMARTS) is 1. The Morgan fingerprint density at radius 2 is 1.82 bits per heavy atom. The molecule has 5 heteroatoms. The number of aromatic carboxylic acids is 1. The molecule has 0 spiro atoms. The van der Waals surface area contributed by atoms with Crippen LogP contribution in [0.2, 0.25) is 0 Å². The Hall–Kier alpha value is -3.47. The number of furan rings is 1. The third-order valence-corrected chi connectivity index (χ3v) is 5.85. The second-order valence-corrected chi connectivity index (χ2v) is 7.34. The maximum atomic E-state index is 11.4. The largest absolute Gasteiger partial charge is 0.508 e. The molecule has 28 heavy (non-hydrogen) atoms. The van der Waals surface area contributed by atoms with E-state index in [-0.39, 0.29) is 23.2 Å². The predicted molar refractivity (Wildman–Crippen MR) is 105 cm³/mol. The maximum Gasteiger partial charge on any atom is 0.372 e. The van der Waals surface area contributed by atoms with Crippen LogP contribution in [0.1, 0.15) is 39.6 Å². The van der Waals surface area contributed by atoms with E-state index in [9.17, 15) is 20.1 Å². The number of fused-ring (bicyclic) bond motifs is 5. The molecular weight excluding hydrogens is 356 g/mol. The predicted octanol–water partition coefficient (Wildman–Crippen LogP) is 4.97. The highest BCUT2D eigenvalue weighted by atomic mass is 16.4. The topological polar surface area (TPSA) is 90.9 Å². The van der Waals surface area contributed by atoms with Gasteiger partial charge in [-0.25, -0.2) is 4.79 Å². The minimum Gasteiger partial charge on any atom is -0.508 e.